The second kappa shape index (κ2) is 7.86. The molecule has 0 aliphatic carbocycles. The van der Waals surface area contributed by atoms with Crippen LogP contribution in [0.1, 0.15) is 43.5 Å². The molecule has 3 N–H and O–H groups in total. The van der Waals surface area contributed by atoms with E-state index in [4.69, 9.17) is 9.52 Å². The molecule has 2 heterocycles. The van der Waals surface area contributed by atoms with Crippen LogP contribution in [0.2, 0.25) is 0 Å². The molecule has 2 aromatic rings. The SMILES string of the molecule is Cc1ccoc1C(=O)NCCCNC(=O)c1cnc(C(=O)O)cn1. The lowest BCUT2D eigenvalue weighted by Crippen LogP contribution is -2.30. The normalized spacial score (nSPS) is 10.2. The molecule has 0 radical (unpaired) electrons. The Morgan fingerprint density at radius 3 is 2.25 bits per heavy atom. The number of rotatable bonds is 7. The van der Waals surface area contributed by atoms with Crippen molar-refractivity contribution >= 4 is 17.8 Å². The predicted molar refractivity (Wildman–Crippen MR) is 81.7 cm³/mol. The number of carboxylic acid groups (broad SMARTS) is 1. The van der Waals surface area contributed by atoms with Crippen molar-refractivity contribution < 1.29 is 23.9 Å². The number of carboxylic acids is 1. The number of nitrogens with zero attached hydrogens (tertiary/aromatic N) is 2. The molecule has 0 aliphatic rings. The maximum Gasteiger partial charge on any atom is 0.356 e. The minimum Gasteiger partial charge on any atom is -0.476 e. The Hall–Kier alpha value is -3.23. The zero-order valence-electron chi connectivity index (χ0n) is 12.9. The molecule has 0 saturated carbocycles. The zero-order chi connectivity index (χ0) is 17.5. The Morgan fingerprint density at radius 2 is 1.71 bits per heavy atom. The summed E-state index contributed by atoms with van der Waals surface area (Å²) < 4.78 is 5.07. The van der Waals surface area contributed by atoms with Gasteiger partial charge in [0.1, 0.15) is 5.69 Å². The average Bonchev–Trinajstić information content (AvgIpc) is 3.00. The molecule has 0 aromatic carbocycles. The molecular weight excluding hydrogens is 316 g/mol. The van der Waals surface area contributed by atoms with E-state index in [1.807, 2.05) is 0 Å². The van der Waals surface area contributed by atoms with E-state index in [1.54, 1.807) is 13.0 Å². The summed E-state index contributed by atoms with van der Waals surface area (Å²) in [6, 6.07) is 1.70. The molecule has 2 amide bonds. The van der Waals surface area contributed by atoms with Crippen molar-refractivity contribution in [2.24, 2.45) is 0 Å². The Morgan fingerprint density at radius 1 is 1.08 bits per heavy atom. The van der Waals surface area contributed by atoms with Crippen LogP contribution in [0, 0.1) is 6.92 Å². The Bertz CT molecular complexity index is 739. The molecule has 0 spiro atoms. The number of hydrogen-bond donors (Lipinski definition) is 3. The van der Waals surface area contributed by atoms with Crippen molar-refractivity contribution in [2.75, 3.05) is 13.1 Å². The Balaban J connectivity index is 1.70. The van der Waals surface area contributed by atoms with E-state index in [0.29, 0.717) is 19.5 Å². The van der Waals surface area contributed by atoms with Gasteiger partial charge in [-0.15, -0.1) is 0 Å². The van der Waals surface area contributed by atoms with Gasteiger partial charge in [-0.3, -0.25) is 9.59 Å². The van der Waals surface area contributed by atoms with Crippen LogP contribution < -0.4 is 10.6 Å². The molecule has 126 valence electrons. The van der Waals surface area contributed by atoms with E-state index >= 15 is 0 Å². The standard InChI is InChI=1S/C15H16N4O5/c1-9-3-6-24-12(9)14(21)17-5-2-4-16-13(20)10-7-19-11(8-18-10)15(22)23/h3,6-8H,2,4-5H2,1H3,(H,16,20)(H,17,21)(H,22,23). The number of aromatic carboxylic acids is 1. The van der Waals surface area contributed by atoms with Gasteiger partial charge in [0.2, 0.25) is 0 Å². The third kappa shape index (κ3) is 4.38. The van der Waals surface area contributed by atoms with Gasteiger partial charge in [0.25, 0.3) is 11.8 Å². The molecule has 2 aromatic heterocycles. The first-order valence-corrected chi connectivity index (χ1v) is 7.15. The molecule has 0 aliphatic heterocycles. The highest BCUT2D eigenvalue weighted by Gasteiger charge is 2.12. The van der Waals surface area contributed by atoms with Gasteiger partial charge in [-0.1, -0.05) is 0 Å². The predicted octanol–water partition coefficient (Wildman–Crippen LogP) is 0.626. The van der Waals surface area contributed by atoms with Crippen molar-refractivity contribution in [3.05, 3.63) is 47.4 Å². The second-order valence-corrected chi connectivity index (χ2v) is 4.89. The van der Waals surface area contributed by atoms with Crippen LogP contribution in [0.3, 0.4) is 0 Å². The van der Waals surface area contributed by atoms with Crippen LogP contribution >= 0.6 is 0 Å². The molecule has 0 unspecified atom stereocenters. The average molecular weight is 332 g/mol. The maximum atomic E-state index is 11.8. The molecule has 9 heteroatoms. The molecule has 9 nitrogen and oxygen atoms in total. The third-order valence-electron chi connectivity index (χ3n) is 3.10. The quantitative estimate of drug-likeness (QED) is 0.633. The first kappa shape index (κ1) is 17.1. The molecule has 2 rings (SSSR count). The van der Waals surface area contributed by atoms with Crippen LogP contribution in [0.5, 0.6) is 0 Å². The van der Waals surface area contributed by atoms with Crippen molar-refractivity contribution in [2.45, 2.75) is 13.3 Å². The van der Waals surface area contributed by atoms with Crippen LogP contribution in [0.15, 0.2) is 29.1 Å². The van der Waals surface area contributed by atoms with E-state index < -0.39 is 11.9 Å². The van der Waals surface area contributed by atoms with E-state index in [-0.39, 0.29) is 23.1 Å². The molecule has 0 saturated heterocycles. The van der Waals surface area contributed by atoms with Gasteiger partial charge in [-0.2, -0.15) is 0 Å². The largest absolute Gasteiger partial charge is 0.476 e. The lowest BCUT2D eigenvalue weighted by atomic mass is 10.2. The number of furan rings is 1. The smallest absolute Gasteiger partial charge is 0.356 e. The number of hydrogen-bond acceptors (Lipinski definition) is 6. The Labute approximate surface area is 137 Å². The van der Waals surface area contributed by atoms with Crippen molar-refractivity contribution in [1.82, 2.24) is 20.6 Å². The monoisotopic (exact) mass is 332 g/mol. The van der Waals surface area contributed by atoms with Gasteiger partial charge in [0, 0.05) is 18.7 Å². The minimum atomic E-state index is -1.21. The number of carbonyl (C=O) groups excluding carboxylic acids is 2. The number of aromatic nitrogens is 2. The zero-order valence-corrected chi connectivity index (χ0v) is 12.9. The summed E-state index contributed by atoms with van der Waals surface area (Å²) in [6.07, 6.45) is 4.07. The number of aryl methyl sites for hydroxylation is 1. The molecular formula is C15H16N4O5. The third-order valence-corrected chi connectivity index (χ3v) is 3.10. The number of amides is 2. The van der Waals surface area contributed by atoms with Crippen LogP contribution in [-0.4, -0.2) is 45.9 Å². The number of nitrogens with one attached hydrogen (secondary N) is 2. The van der Waals surface area contributed by atoms with Gasteiger partial charge in [-0.05, 0) is 19.4 Å². The molecule has 24 heavy (non-hydrogen) atoms. The second-order valence-electron chi connectivity index (χ2n) is 4.89. The fraction of sp³-hybridized carbons (Fsp3) is 0.267. The summed E-state index contributed by atoms with van der Waals surface area (Å²) in [5.74, 6) is -1.71. The van der Waals surface area contributed by atoms with Gasteiger partial charge >= 0.3 is 5.97 Å². The van der Waals surface area contributed by atoms with Gasteiger partial charge in [0.15, 0.2) is 11.5 Å². The topological polar surface area (TPSA) is 134 Å². The van der Waals surface area contributed by atoms with Gasteiger partial charge < -0.3 is 20.2 Å². The van der Waals surface area contributed by atoms with Crippen molar-refractivity contribution in [3.63, 3.8) is 0 Å². The summed E-state index contributed by atoms with van der Waals surface area (Å²) in [5.41, 5.74) is 0.543. The fourth-order valence-corrected chi connectivity index (χ4v) is 1.82. The van der Waals surface area contributed by atoms with Crippen molar-refractivity contribution in [1.29, 1.82) is 0 Å². The van der Waals surface area contributed by atoms with E-state index in [1.165, 1.54) is 6.26 Å². The summed E-state index contributed by atoms with van der Waals surface area (Å²) in [5, 5.41) is 14.0. The van der Waals surface area contributed by atoms with Crippen LogP contribution in [0.4, 0.5) is 0 Å². The Kier molecular flexibility index (Phi) is 5.61. The van der Waals surface area contributed by atoms with Crippen LogP contribution in [0.25, 0.3) is 0 Å². The highest BCUT2D eigenvalue weighted by Crippen LogP contribution is 2.07. The van der Waals surface area contributed by atoms with Gasteiger partial charge in [0.05, 0.1) is 18.7 Å². The summed E-state index contributed by atoms with van der Waals surface area (Å²) >= 11 is 0. The summed E-state index contributed by atoms with van der Waals surface area (Å²) in [4.78, 5) is 41.6. The van der Waals surface area contributed by atoms with E-state index in [0.717, 1.165) is 18.0 Å². The molecule has 0 atom stereocenters. The fourth-order valence-electron chi connectivity index (χ4n) is 1.82. The van der Waals surface area contributed by atoms with E-state index in [9.17, 15) is 14.4 Å². The summed E-state index contributed by atoms with van der Waals surface area (Å²) in [6.45, 7) is 2.46. The minimum absolute atomic E-state index is 0.0234. The molecule has 0 bridgehead atoms. The van der Waals surface area contributed by atoms with Gasteiger partial charge in [-0.25, -0.2) is 14.8 Å². The highest BCUT2D eigenvalue weighted by molar-refractivity contribution is 5.93. The number of carbonyl (C=O) groups is 3. The lowest BCUT2D eigenvalue weighted by molar-refractivity contribution is 0.0688. The van der Waals surface area contributed by atoms with Crippen molar-refractivity contribution in [3.8, 4) is 0 Å². The lowest BCUT2D eigenvalue weighted by Gasteiger charge is -2.06. The van der Waals surface area contributed by atoms with Crippen LogP contribution in [-0.2, 0) is 0 Å². The van der Waals surface area contributed by atoms with E-state index in [2.05, 4.69) is 20.6 Å². The maximum absolute atomic E-state index is 11.8. The summed E-state index contributed by atoms with van der Waals surface area (Å²) in [7, 11) is 0. The first-order chi connectivity index (χ1) is 11.5. The highest BCUT2D eigenvalue weighted by atomic mass is 16.4. The molecule has 0 fully saturated rings. The first-order valence-electron chi connectivity index (χ1n) is 7.15.